The molecule has 1 saturated carbocycles. The Labute approximate surface area is 131 Å². The smallest absolute Gasteiger partial charge is 0.224 e. The Bertz CT molecular complexity index is 504. The first-order chi connectivity index (χ1) is 10.6. The Balaban J connectivity index is 1.72. The molecule has 1 aliphatic carbocycles. The lowest BCUT2D eigenvalue weighted by Gasteiger charge is -2.34. The van der Waals surface area contributed by atoms with Crippen molar-refractivity contribution >= 4 is 17.5 Å². The zero-order valence-corrected chi connectivity index (χ0v) is 13.3. The zero-order chi connectivity index (χ0) is 15.9. The summed E-state index contributed by atoms with van der Waals surface area (Å²) in [5.41, 5.74) is 0.655. The van der Waals surface area contributed by atoms with Crippen LogP contribution in [0.15, 0.2) is 24.5 Å². The van der Waals surface area contributed by atoms with E-state index < -0.39 is 0 Å². The van der Waals surface area contributed by atoms with Gasteiger partial charge in [-0.1, -0.05) is 26.7 Å². The van der Waals surface area contributed by atoms with E-state index in [0.29, 0.717) is 17.5 Å². The highest BCUT2D eigenvalue weighted by Crippen LogP contribution is 2.29. The van der Waals surface area contributed by atoms with Crippen molar-refractivity contribution < 1.29 is 9.59 Å². The van der Waals surface area contributed by atoms with Gasteiger partial charge < -0.3 is 10.6 Å². The Morgan fingerprint density at radius 3 is 2.73 bits per heavy atom. The summed E-state index contributed by atoms with van der Waals surface area (Å²) in [6, 6.07) is 3.78. The summed E-state index contributed by atoms with van der Waals surface area (Å²) >= 11 is 0. The molecular weight excluding hydrogens is 278 g/mol. The minimum absolute atomic E-state index is 0.0349. The molecule has 0 spiro atoms. The number of hydrogen-bond donors (Lipinski definition) is 2. The van der Waals surface area contributed by atoms with Gasteiger partial charge in [-0.2, -0.15) is 0 Å². The molecule has 5 nitrogen and oxygen atoms in total. The van der Waals surface area contributed by atoms with E-state index >= 15 is 0 Å². The molecule has 1 heterocycles. The molecule has 0 aromatic carbocycles. The quantitative estimate of drug-likeness (QED) is 0.878. The SMILES string of the molecule is C[C@@H]1[C@@H](C)CCC[C@H]1NC(=O)CCC(=O)Nc1cccnc1. The molecule has 2 N–H and O–H groups in total. The molecule has 1 aromatic rings. The van der Waals surface area contributed by atoms with Gasteiger partial charge in [0.1, 0.15) is 0 Å². The number of carbonyl (C=O) groups excluding carboxylic acids is 2. The van der Waals surface area contributed by atoms with E-state index in [2.05, 4.69) is 29.5 Å². The van der Waals surface area contributed by atoms with Gasteiger partial charge in [0.2, 0.25) is 11.8 Å². The van der Waals surface area contributed by atoms with Crippen LogP contribution in [0.5, 0.6) is 0 Å². The van der Waals surface area contributed by atoms with Crippen LogP contribution in [-0.4, -0.2) is 22.8 Å². The van der Waals surface area contributed by atoms with Crippen LogP contribution in [0.3, 0.4) is 0 Å². The molecule has 0 unspecified atom stereocenters. The molecule has 0 bridgehead atoms. The highest BCUT2D eigenvalue weighted by Gasteiger charge is 2.28. The molecule has 120 valence electrons. The van der Waals surface area contributed by atoms with Gasteiger partial charge >= 0.3 is 0 Å². The number of anilines is 1. The highest BCUT2D eigenvalue weighted by molar-refractivity contribution is 5.93. The predicted molar refractivity (Wildman–Crippen MR) is 86.2 cm³/mol. The van der Waals surface area contributed by atoms with Crippen molar-refractivity contribution in [1.82, 2.24) is 10.3 Å². The van der Waals surface area contributed by atoms with Crippen LogP contribution in [0.1, 0.15) is 46.0 Å². The van der Waals surface area contributed by atoms with Gasteiger partial charge in [-0.25, -0.2) is 0 Å². The monoisotopic (exact) mass is 303 g/mol. The molecule has 3 atom stereocenters. The molecular formula is C17H25N3O2. The second-order valence-corrected chi connectivity index (χ2v) is 6.23. The van der Waals surface area contributed by atoms with E-state index in [-0.39, 0.29) is 30.7 Å². The van der Waals surface area contributed by atoms with Crippen LogP contribution < -0.4 is 10.6 Å². The van der Waals surface area contributed by atoms with E-state index in [4.69, 9.17) is 0 Å². The van der Waals surface area contributed by atoms with Crippen LogP contribution in [0.4, 0.5) is 5.69 Å². The number of carbonyl (C=O) groups is 2. The summed E-state index contributed by atoms with van der Waals surface area (Å²) in [7, 11) is 0. The third-order valence-corrected chi connectivity index (χ3v) is 4.58. The summed E-state index contributed by atoms with van der Waals surface area (Å²) in [5, 5.41) is 5.82. The molecule has 0 saturated heterocycles. The van der Waals surface area contributed by atoms with Gasteiger partial charge in [0.25, 0.3) is 0 Å². The first kappa shape index (κ1) is 16.5. The molecule has 5 heteroatoms. The van der Waals surface area contributed by atoms with Crippen LogP contribution in [0, 0.1) is 11.8 Å². The summed E-state index contributed by atoms with van der Waals surface area (Å²) in [5.74, 6) is 0.954. The Morgan fingerprint density at radius 1 is 1.23 bits per heavy atom. The fraction of sp³-hybridized carbons (Fsp3) is 0.588. The number of amides is 2. The maximum absolute atomic E-state index is 12.0. The summed E-state index contributed by atoms with van der Waals surface area (Å²) in [6.45, 7) is 4.44. The van der Waals surface area contributed by atoms with E-state index in [9.17, 15) is 9.59 Å². The predicted octanol–water partition coefficient (Wildman–Crippen LogP) is 2.74. The normalized spacial score (nSPS) is 24.5. The van der Waals surface area contributed by atoms with Crippen molar-refractivity contribution in [2.45, 2.75) is 52.0 Å². The van der Waals surface area contributed by atoms with Crippen LogP contribution in [0.25, 0.3) is 0 Å². The number of hydrogen-bond acceptors (Lipinski definition) is 3. The van der Waals surface area contributed by atoms with Gasteiger partial charge in [0, 0.05) is 25.1 Å². The van der Waals surface area contributed by atoms with Gasteiger partial charge in [0.05, 0.1) is 11.9 Å². The van der Waals surface area contributed by atoms with Gasteiger partial charge in [0.15, 0.2) is 0 Å². The largest absolute Gasteiger partial charge is 0.353 e. The Hall–Kier alpha value is -1.91. The van der Waals surface area contributed by atoms with Crippen molar-refractivity contribution in [3.05, 3.63) is 24.5 Å². The maximum Gasteiger partial charge on any atom is 0.224 e. The average molecular weight is 303 g/mol. The molecule has 1 fully saturated rings. The second-order valence-electron chi connectivity index (χ2n) is 6.23. The number of nitrogens with zero attached hydrogens (tertiary/aromatic N) is 1. The minimum atomic E-state index is -0.159. The van der Waals surface area contributed by atoms with Crippen molar-refractivity contribution in [3.8, 4) is 0 Å². The van der Waals surface area contributed by atoms with Crippen molar-refractivity contribution in [3.63, 3.8) is 0 Å². The molecule has 1 aliphatic rings. The lowest BCUT2D eigenvalue weighted by molar-refractivity contribution is -0.125. The first-order valence-corrected chi connectivity index (χ1v) is 8.05. The fourth-order valence-electron chi connectivity index (χ4n) is 2.95. The molecule has 2 amide bonds. The molecule has 22 heavy (non-hydrogen) atoms. The van der Waals surface area contributed by atoms with E-state index in [1.54, 1.807) is 24.5 Å². The third kappa shape index (κ3) is 4.83. The van der Waals surface area contributed by atoms with Crippen LogP contribution >= 0.6 is 0 Å². The van der Waals surface area contributed by atoms with Crippen molar-refractivity contribution in [1.29, 1.82) is 0 Å². The number of nitrogens with one attached hydrogen (secondary N) is 2. The number of rotatable bonds is 5. The fourth-order valence-corrected chi connectivity index (χ4v) is 2.95. The standard InChI is InChI=1S/C17H25N3O2/c1-12-5-3-7-15(13(12)2)20-17(22)9-8-16(21)19-14-6-4-10-18-11-14/h4,6,10-13,15H,3,5,7-9H2,1-2H3,(H,19,21)(H,20,22)/t12-,13+,15+/m0/s1. The van der Waals surface area contributed by atoms with E-state index in [1.165, 1.54) is 6.42 Å². The third-order valence-electron chi connectivity index (χ3n) is 4.58. The maximum atomic E-state index is 12.0. The number of pyridine rings is 1. The zero-order valence-electron chi connectivity index (χ0n) is 13.3. The number of aromatic nitrogens is 1. The summed E-state index contributed by atoms with van der Waals surface area (Å²) in [4.78, 5) is 27.8. The van der Waals surface area contributed by atoms with Crippen LogP contribution in [0.2, 0.25) is 0 Å². The molecule has 1 aromatic heterocycles. The Kier molecular flexibility index (Phi) is 5.92. The Morgan fingerprint density at radius 2 is 2.00 bits per heavy atom. The molecule has 0 radical (unpaired) electrons. The van der Waals surface area contributed by atoms with Gasteiger partial charge in [-0.05, 0) is 30.4 Å². The van der Waals surface area contributed by atoms with Crippen LogP contribution in [-0.2, 0) is 9.59 Å². The highest BCUT2D eigenvalue weighted by atomic mass is 16.2. The minimum Gasteiger partial charge on any atom is -0.353 e. The van der Waals surface area contributed by atoms with E-state index in [1.807, 2.05) is 0 Å². The van der Waals surface area contributed by atoms with E-state index in [0.717, 1.165) is 12.8 Å². The van der Waals surface area contributed by atoms with Crippen molar-refractivity contribution in [2.75, 3.05) is 5.32 Å². The lowest BCUT2D eigenvalue weighted by Crippen LogP contribution is -2.43. The molecule has 0 aliphatic heterocycles. The first-order valence-electron chi connectivity index (χ1n) is 8.05. The topological polar surface area (TPSA) is 71.1 Å². The second kappa shape index (κ2) is 7.92. The summed E-state index contributed by atoms with van der Waals surface area (Å²) in [6.07, 6.45) is 7.09. The van der Waals surface area contributed by atoms with Gasteiger partial charge in [-0.15, -0.1) is 0 Å². The lowest BCUT2D eigenvalue weighted by atomic mass is 9.78. The molecule has 2 rings (SSSR count). The van der Waals surface area contributed by atoms with Gasteiger partial charge in [-0.3, -0.25) is 14.6 Å². The average Bonchev–Trinajstić information content (AvgIpc) is 2.51. The van der Waals surface area contributed by atoms with Crippen molar-refractivity contribution in [2.24, 2.45) is 11.8 Å². The summed E-state index contributed by atoms with van der Waals surface area (Å²) < 4.78 is 0.